The van der Waals surface area contributed by atoms with Gasteiger partial charge in [0.25, 0.3) is 0 Å². The van der Waals surface area contributed by atoms with E-state index in [-0.39, 0.29) is 0 Å². The highest BCUT2D eigenvalue weighted by Gasteiger charge is 2.09. The normalized spacial score (nSPS) is 10.4. The monoisotopic (exact) mass is 256 g/mol. The summed E-state index contributed by atoms with van der Waals surface area (Å²) in [4.78, 5) is 10.7. The average molecular weight is 257 g/mol. The lowest BCUT2D eigenvalue weighted by atomic mass is 10.1. The number of carbonyl (C=O) groups excluding carboxylic acids is 1. The topological polar surface area (TPSA) is 44.8 Å². The molecule has 0 radical (unpaired) electrons. The molecule has 0 bridgehead atoms. The molecular formula is C12H13ClO4. The molecule has 4 nitrogen and oxygen atoms in total. The highest BCUT2D eigenvalue weighted by Crippen LogP contribution is 2.35. The molecule has 17 heavy (non-hydrogen) atoms. The van der Waals surface area contributed by atoms with Crippen LogP contribution in [0.3, 0.4) is 0 Å². The zero-order valence-electron chi connectivity index (χ0n) is 9.82. The second-order valence-electron chi connectivity index (χ2n) is 3.09. The van der Waals surface area contributed by atoms with Crippen molar-refractivity contribution in [1.29, 1.82) is 0 Å². The predicted molar refractivity (Wildman–Crippen MR) is 66.0 cm³/mol. The van der Waals surface area contributed by atoms with Crippen LogP contribution in [0.4, 0.5) is 0 Å². The summed E-state index contributed by atoms with van der Waals surface area (Å²) >= 11 is 5.23. The molecule has 0 aromatic heterocycles. The molecule has 5 heteroatoms. The molecular weight excluding hydrogens is 244 g/mol. The van der Waals surface area contributed by atoms with E-state index in [4.69, 9.17) is 25.8 Å². The van der Waals surface area contributed by atoms with Gasteiger partial charge in [-0.2, -0.15) is 0 Å². The van der Waals surface area contributed by atoms with Gasteiger partial charge in [0.1, 0.15) is 5.75 Å². The van der Waals surface area contributed by atoms with E-state index in [9.17, 15) is 4.79 Å². The molecule has 0 heterocycles. The van der Waals surface area contributed by atoms with Gasteiger partial charge in [-0.1, -0.05) is 0 Å². The molecule has 0 atom stereocenters. The first-order valence-electron chi connectivity index (χ1n) is 4.80. The maximum Gasteiger partial charge on any atom is 0.245 e. The van der Waals surface area contributed by atoms with E-state index in [0.717, 1.165) is 0 Å². The highest BCUT2D eigenvalue weighted by molar-refractivity contribution is 6.66. The zero-order valence-corrected chi connectivity index (χ0v) is 10.6. The first-order chi connectivity index (χ1) is 8.12. The first kappa shape index (κ1) is 13.4. The van der Waals surface area contributed by atoms with Gasteiger partial charge in [-0.3, -0.25) is 4.79 Å². The van der Waals surface area contributed by atoms with Crippen molar-refractivity contribution >= 4 is 22.9 Å². The van der Waals surface area contributed by atoms with Crippen LogP contribution < -0.4 is 14.2 Å². The van der Waals surface area contributed by atoms with Gasteiger partial charge >= 0.3 is 0 Å². The summed E-state index contributed by atoms with van der Waals surface area (Å²) in [6.45, 7) is 0. The molecule has 0 saturated carbocycles. The van der Waals surface area contributed by atoms with Gasteiger partial charge in [0.15, 0.2) is 11.5 Å². The van der Waals surface area contributed by atoms with Gasteiger partial charge in [0.2, 0.25) is 5.24 Å². The number of ether oxygens (including phenoxy) is 3. The summed E-state index contributed by atoms with van der Waals surface area (Å²) < 4.78 is 15.5. The molecule has 0 spiro atoms. The Kier molecular flexibility index (Phi) is 4.84. The number of carbonyl (C=O) groups is 1. The molecule has 92 valence electrons. The van der Waals surface area contributed by atoms with Crippen molar-refractivity contribution in [2.45, 2.75) is 0 Å². The lowest BCUT2D eigenvalue weighted by Crippen LogP contribution is -1.94. The Hall–Kier alpha value is -1.68. The second kappa shape index (κ2) is 6.15. The van der Waals surface area contributed by atoms with Crippen molar-refractivity contribution in [3.8, 4) is 17.2 Å². The molecule has 0 aliphatic carbocycles. The fourth-order valence-corrected chi connectivity index (χ4v) is 1.40. The maximum atomic E-state index is 10.7. The molecule has 1 aromatic carbocycles. The van der Waals surface area contributed by atoms with Crippen molar-refractivity contribution in [1.82, 2.24) is 0 Å². The molecule has 1 rings (SSSR count). The van der Waals surface area contributed by atoms with E-state index < -0.39 is 5.24 Å². The van der Waals surface area contributed by atoms with Crippen molar-refractivity contribution in [2.75, 3.05) is 21.3 Å². The Balaban J connectivity index is 3.23. The molecule has 0 saturated heterocycles. The summed E-state index contributed by atoms with van der Waals surface area (Å²) in [5.41, 5.74) is 0.680. The van der Waals surface area contributed by atoms with Crippen LogP contribution in [0.25, 0.3) is 6.08 Å². The van der Waals surface area contributed by atoms with E-state index in [0.29, 0.717) is 22.8 Å². The Morgan fingerprint density at radius 2 is 1.59 bits per heavy atom. The number of halogens is 1. The Morgan fingerprint density at radius 3 is 2.06 bits per heavy atom. The fourth-order valence-electron chi connectivity index (χ4n) is 1.34. The molecule has 0 fully saturated rings. The second-order valence-corrected chi connectivity index (χ2v) is 3.46. The van der Waals surface area contributed by atoms with Crippen molar-refractivity contribution in [3.63, 3.8) is 0 Å². The third-order valence-corrected chi connectivity index (χ3v) is 2.26. The molecule has 0 aliphatic rings. The van der Waals surface area contributed by atoms with Gasteiger partial charge in [-0.05, 0) is 29.8 Å². The zero-order chi connectivity index (χ0) is 12.8. The summed E-state index contributed by atoms with van der Waals surface area (Å²) in [6, 6.07) is 3.38. The van der Waals surface area contributed by atoms with Crippen LogP contribution in [0.2, 0.25) is 0 Å². The largest absolute Gasteiger partial charge is 0.496 e. The van der Waals surface area contributed by atoms with Crippen molar-refractivity contribution in [3.05, 3.63) is 23.8 Å². The minimum absolute atomic E-state index is 0.551. The third-order valence-electron chi connectivity index (χ3n) is 2.13. The quantitative estimate of drug-likeness (QED) is 0.600. The SMILES string of the molecule is COc1cc(OC)c(OC)cc1/C=C/C(=O)Cl. The lowest BCUT2D eigenvalue weighted by molar-refractivity contribution is -0.107. The van der Waals surface area contributed by atoms with E-state index in [2.05, 4.69) is 0 Å². The number of allylic oxidation sites excluding steroid dienone is 1. The number of hydrogen-bond acceptors (Lipinski definition) is 4. The van der Waals surface area contributed by atoms with Crippen molar-refractivity contribution < 1.29 is 19.0 Å². The Morgan fingerprint density at radius 1 is 1.06 bits per heavy atom. The standard InChI is InChI=1S/C12H13ClO4/c1-15-9-7-11(17-3)10(16-2)6-8(9)4-5-12(13)14/h4-7H,1-3H3/b5-4+. The predicted octanol–water partition coefficient (Wildman–Crippen LogP) is 2.49. The number of hydrogen-bond donors (Lipinski definition) is 0. The van der Waals surface area contributed by atoms with Gasteiger partial charge in [0.05, 0.1) is 21.3 Å². The van der Waals surface area contributed by atoms with Crippen LogP contribution in [0.15, 0.2) is 18.2 Å². The average Bonchev–Trinajstić information content (AvgIpc) is 2.34. The van der Waals surface area contributed by atoms with E-state index in [1.165, 1.54) is 27.4 Å². The van der Waals surface area contributed by atoms with E-state index >= 15 is 0 Å². The van der Waals surface area contributed by atoms with Crippen LogP contribution in [0.5, 0.6) is 17.2 Å². The first-order valence-corrected chi connectivity index (χ1v) is 5.17. The lowest BCUT2D eigenvalue weighted by Gasteiger charge is -2.11. The molecule has 0 amide bonds. The van der Waals surface area contributed by atoms with Gasteiger partial charge in [-0.15, -0.1) is 0 Å². The number of methoxy groups -OCH3 is 3. The smallest absolute Gasteiger partial charge is 0.245 e. The minimum Gasteiger partial charge on any atom is -0.496 e. The number of rotatable bonds is 5. The van der Waals surface area contributed by atoms with Crippen LogP contribution in [0, 0.1) is 0 Å². The molecule has 0 aliphatic heterocycles. The maximum absolute atomic E-state index is 10.7. The molecule has 1 aromatic rings. The van der Waals surface area contributed by atoms with E-state index in [1.807, 2.05) is 0 Å². The molecule has 0 unspecified atom stereocenters. The van der Waals surface area contributed by atoms with Gasteiger partial charge in [0, 0.05) is 11.6 Å². The highest BCUT2D eigenvalue weighted by atomic mass is 35.5. The Labute approximate surface area is 105 Å². The summed E-state index contributed by atoms with van der Waals surface area (Å²) in [7, 11) is 4.60. The number of benzene rings is 1. The summed E-state index contributed by atoms with van der Waals surface area (Å²) in [5.74, 6) is 1.67. The summed E-state index contributed by atoms with van der Waals surface area (Å²) in [6.07, 6.45) is 2.79. The third kappa shape index (κ3) is 3.39. The van der Waals surface area contributed by atoms with Gasteiger partial charge < -0.3 is 14.2 Å². The minimum atomic E-state index is -0.554. The van der Waals surface area contributed by atoms with Crippen LogP contribution in [-0.2, 0) is 4.79 Å². The van der Waals surface area contributed by atoms with E-state index in [1.54, 1.807) is 18.2 Å². The van der Waals surface area contributed by atoms with Crippen LogP contribution in [0.1, 0.15) is 5.56 Å². The fraction of sp³-hybridized carbons (Fsp3) is 0.250. The summed E-state index contributed by atoms with van der Waals surface area (Å²) in [5, 5.41) is -0.554. The Bertz CT molecular complexity index is 440. The van der Waals surface area contributed by atoms with Crippen LogP contribution >= 0.6 is 11.6 Å². The molecule has 0 N–H and O–H groups in total. The van der Waals surface area contributed by atoms with Gasteiger partial charge in [-0.25, -0.2) is 0 Å². The van der Waals surface area contributed by atoms with Crippen molar-refractivity contribution in [2.24, 2.45) is 0 Å². The van der Waals surface area contributed by atoms with Crippen LogP contribution in [-0.4, -0.2) is 26.6 Å².